The quantitative estimate of drug-likeness (QED) is 0.493. The number of carboxylic acids is 1. The van der Waals surface area contributed by atoms with Gasteiger partial charge in [0.25, 0.3) is 5.97 Å². The maximum atomic E-state index is 9.00. The molecular weight excluding hydrogens is 143 g/mol. The Labute approximate surface area is 58.9 Å². The number of carboxylic acid groups (broad SMARTS) is 1. The van der Waals surface area contributed by atoms with Crippen LogP contribution < -0.4 is 0 Å². The topological polar surface area (TPSA) is 37.3 Å². The van der Waals surface area contributed by atoms with E-state index in [2.05, 4.69) is 0 Å². The molecule has 0 spiro atoms. The van der Waals surface area contributed by atoms with Crippen LogP contribution in [0.15, 0.2) is 0 Å². The Morgan fingerprint density at radius 3 is 1.67 bits per heavy atom. The van der Waals surface area contributed by atoms with Gasteiger partial charge in [-0.2, -0.15) is 0 Å². The van der Waals surface area contributed by atoms with Crippen molar-refractivity contribution in [1.29, 1.82) is 0 Å². The molecule has 0 heterocycles. The Balaban J connectivity index is -0.0000000450. The SMILES string of the molecule is Br.CC(=O)O.[LiH]. The average molecular weight is 149 g/mol. The van der Waals surface area contributed by atoms with E-state index in [-0.39, 0.29) is 35.8 Å². The summed E-state index contributed by atoms with van der Waals surface area (Å²) in [4.78, 5) is 9.00. The van der Waals surface area contributed by atoms with Crippen LogP contribution in [-0.4, -0.2) is 29.9 Å². The molecule has 0 radical (unpaired) electrons. The number of hydrogen-bond acceptors (Lipinski definition) is 1. The third kappa shape index (κ3) is 191. The van der Waals surface area contributed by atoms with E-state index in [9.17, 15) is 0 Å². The van der Waals surface area contributed by atoms with Gasteiger partial charge < -0.3 is 5.11 Å². The van der Waals surface area contributed by atoms with E-state index in [4.69, 9.17) is 9.90 Å². The van der Waals surface area contributed by atoms with Crippen LogP contribution in [-0.2, 0) is 4.79 Å². The molecule has 2 nitrogen and oxygen atoms in total. The Morgan fingerprint density at radius 2 is 1.67 bits per heavy atom. The molecule has 0 aromatic carbocycles. The summed E-state index contributed by atoms with van der Waals surface area (Å²) >= 11 is 0. The second-order valence-electron chi connectivity index (χ2n) is 0.519. The summed E-state index contributed by atoms with van der Waals surface area (Å²) in [6, 6.07) is 0. The second kappa shape index (κ2) is 9.12. The van der Waals surface area contributed by atoms with Crippen molar-refractivity contribution in [3.8, 4) is 0 Å². The Kier molecular flexibility index (Phi) is 24.3. The zero-order chi connectivity index (χ0) is 3.58. The zero-order valence-corrected chi connectivity index (χ0v) is 4.48. The summed E-state index contributed by atoms with van der Waals surface area (Å²) < 4.78 is 0. The van der Waals surface area contributed by atoms with Gasteiger partial charge in [0.2, 0.25) is 0 Å². The summed E-state index contributed by atoms with van der Waals surface area (Å²) in [6.45, 7) is 1.08. The van der Waals surface area contributed by atoms with Gasteiger partial charge in [-0.05, 0) is 0 Å². The summed E-state index contributed by atoms with van der Waals surface area (Å²) in [6.07, 6.45) is 0. The molecule has 0 aliphatic rings. The summed E-state index contributed by atoms with van der Waals surface area (Å²) in [7, 11) is 0. The van der Waals surface area contributed by atoms with E-state index in [1.807, 2.05) is 0 Å². The fourth-order valence-corrected chi connectivity index (χ4v) is 0. The normalized spacial score (nSPS) is 4.17. The molecule has 0 fully saturated rings. The van der Waals surface area contributed by atoms with Gasteiger partial charge in [-0.25, -0.2) is 0 Å². The fourth-order valence-electron chi connectivity index (χ4n) is 0. The van der Waals surface area contributed by atoms with Crippen LogP contribution in [0.3, 0.4) is 0 Å². The number of rotatable bonds is 0. The van der Waals surface area contributed by atoms with Gasteiger partial charge >= 0.3 is 18.9 Å². The van der Waals surface area contributed by atoms with E-state index >= 15 is 0 Å². The molecule has 0 amide bonds. The Morgan fingerprint density at radius 1 is 1.67 bits per heavy atom. The van der Waals surface area contributed by atoms with E-state index in [0.717, 1.165) is 6.92 Å². The summed E-state index contributed by atoms with van der Waals surface area (Å²) in [5.41, 5.74) is 0. The predicted octanol–water partition coefficient (Wildman–Crippen LogP) is 0.0203. The van der Waals surface area contributed by atoms with Gasteiger partial charge in [0.15, 0.2) is 0 Å². The van der Waals surface area contributed by atoms with Gasteiger partial charge in [-0.3, -0.25) is 4.79 Å². The van der Waals surface area contributed by atoms with Crippen LogP contribution in [0.25, 0.3) is 0 Å². The minimum atomic E-state index is -0.833. The second-order valence-corrected chi connectivity index (χ2v) is 0.519. The number of aliphatic carboxylic acids is 1. The molecule has 0 bridgehead atoms. The van der Waals surface area contributed by atoms with Gasteiger partial charge in [0.05, 0.1) is 0 Å². The first-order chi connectivity index (χ1) is 1.73. The van der Waals surface area contributed by atoms with Crippen LogP contribution in [0.4, 0.5) is 0 Å². The number of halogens is 1. The molecular formula is C2H6BrLiO2. The van der Waals surface area contributed by atoms with Crippen LogP contribution in [0.1, 0.15) is 6.92 Å². The predicted molar refractivity (Wildman–Crippen MR) is 30.8 cm³/mol. The van der Waals surface area contributed by atoms with Gasteiger partial charge in [-0.1, -0.05) is 0 Å². The average Bonchev–Trinajstić information content (AvgIpc) is 0.811. The van der Waals surface area contributed by atoms with Gasteiger partial charge in [0.1, 0.15) is 0 Å². The monoisotopic (exact) mass is 148 g/mol. The molecule has 34 valence electrons. The van der Waals surface area contributed by atoms with Crippen LogP contribution in [0.5, 0.6) is 0 Å². The van der Waals surface area contributed by atoms with Crippen molar-refractivity contribution in [3.63, 3.8) is 0 Å². The van der Waals surface area contributed by atoms with Crippen molar-refractivity contribution in [2.24, 2.45) is 0 Å². The molecule has 0 atom stereocenters. The first-order valence-electron chi connectivity index (χ1n) is 0.928. The zero-order valence-electron chi connectivity index (χ0n) is 2.76. The first-order valence-corrected chi connectivity index (χ1v) is 0.928. The summed E-state index contributed by atoms with van der Waals surface area (Å²) in [5.74, 6) is -0.833. The Hall–Kier alpha value is 0.547. The standard InChI is InChI=1S/C2H4O2.BrH.Li.H/c1-2(3)4;;;/h1H3,(H,3,4);1H;;. The number of carbonyl (C=O) groups is 1. The molecule has 4 heteroatoms. The molecule has 0 saturated heterocycles. The van der Waals surface area contributed by atoms with E-state index < -0.39 is 5.97 Å². The van der Waals surface area contributed by atoms with E-state index in [0.29, 0.717) is 0 Å². The first kappa shape index (κ1) is 16.0. The van der Waals surface area contributed by atoms with Crippen molar-refractivity contribution in [1.82, 2.24) is 0 Å². The third-order valence-electron chi connectivity index (χ3n) is 0. The van der Waals surface area contributed by atoms with Crippen molar-refractivity contribution in [2.75, 3.05) is 0 Å². The van der Waals surface area contributed by atoms with Crippen LogP contribution in [0.2, 0.25) is 0 Å². The molecule has 0 unspecified atom stereocenters. The molecule has 6 heavy (non-hydrogen) atoms. The third-order valence-corrected chi connectivity index (χ3v) is 0. The van der Waals surface area contributed by atoms with E-state index in [1.165, 1.54) is 0 Å². The minimum absolute atomic E-state index is 0. The van der Waals surface area contributed by atoms with Gasteiger partial charge in [0, 0.05) is 6.92 Å². The van der Waals surface area contributed by atoms with Gasteiger partial charge in [-0.15, -0.1) is 17.0 Å². The molecule has 0 aliphatic carbocycles. The van der Waals surface area contributed by atoms with Crippen molar-refractivity contribution >= 4 is 41.8 Å². The van der Waals surface area contributed by atoms with Crippen LogP contribution >= 0.6 is 17.0 Å². The van der Waals surface area contributed by atoms with Crippen molar-refractivity contribution in [3.05, 3.63) is 0 Å². The van der Waals surface area contributed by atoms with Crippen molar-refractivity contribution in [2.45, 2.75) is 6.92 Å². The molecule has 0 aromatic rings. The summed E-state index contributed by atoms with van der Waals surface area (Å²) in [5, 5.41) is 7.42. The Bertz CT molecular complexity index is 34.5. The molecule has 0 rings (SSSR count). The maximum absolute atomic E-state index is 9.00. The fraction of sp³-hybridized carbons (Fsp3) is 0.500. The molecule has 0 aliphatic heterocycles. The molecule has 0 aromatic heterocycles. The van der Waals surface area contributed by atoms with E-state index in [1.54, 1.807) is 0 Å². The van der Waals surface area contributed by atoms with Crippen LogP contribution in [0, 0.1) is 0 Å². The van der Waals surface area contributed by atoms with Crippen molar-refractivity contribution < 1.29 is 9.90 Å². The molecule has 0 saturated carbocycles. The molecule has 1 N–H and O–H groups in total. The number of hydrogen-bond donors (Lipinski definition) is 1.